The van der Waals surface area contributed by atoms with E-state index in [-0.39, 0.29) is 28.7 Å². The third-order valence-corrected chi connectivity index (χ3v) is 6.12. The Morgan fingerprint density at radius 3 is 2.51 bits per heavy atom. The van der Waals surface area contributed by atoms with Crippen LogP contribution in [0.25, 0.3) is 0 Å². The summed E-state index contributed by atoms with van der Waals surface area (Å²) in [5.41, 5.74) is 0.707. The van der Waals surface area contributed by atoms with Crippen LogP contribution < -0.4 is 25.5 Å². The van der Waals surface area contributed by atoms with Gasteiger partial charge < -0.3 is 19.7 Å². The molecule has 9 nitrogen and oxygen atoms in total. The molecule has 184 valence electrons. The quantitative estimate of drug-likeness (QED) is 0.379. The summed E-state index contributed by atoms with van der Waals surface area (Å²) in [6.07, 6.45) is 9.82. The Labute approximate surface area is 209 Å². The molecule has 0 bridgehead atoms. The maximum atomic E-state index is 12.8. The highest BCUT2D eigenvalue weighted by Crippen LogP contribution is 2.33. The minimum Gasteiger partial charge on any atom is -0.490 e. The first kappa shape index (κ1) is 24.5. The normalized spacial score (nSPS) is 15.5. The molecule has 2 fully saturated rings. The third-order valence-electron chi connectivity index (χ3n) is 5.85. The van der Waals surface area contributed by atoms with Crippen LogP contribution in [0.1, 0.15) is 52.8 Å². The van der Waals surface area contributed by atoms with Gasteiger partial charge in [0.1, 0.15) is 16.5 Å². The average Bonchev–Trinajstić information content (AvgIpc) is 3.30. The van der Waals surface area contributed by atoms with Crippen molar-refractivity contribution in [3.63, 3.8) is 0 Å². The highest BCUT2D eigenvalue weighted by Gasteiger charge is 2.24. The molecule has 1 saturated heterocycles. The number of rotatable bonds is 8. The van der Waals surface area contributed by atoms with Gasteiger partial charge in [0.05, 0.1) is 17.2 Å². The van der Waals surface area contributed by atoms with Gasteiger partial charge in [0, 0.05) is 44.7 Å². The van der Waals surface area contributed by atoms with Gasteiger partial charge in [0.2, 0.25) is 5.88 Å². The van der Waals surface area contributed by atoms with Crippen molar-refractivity contribution < 1.29 is 24.5 Å². The number of benzene rings is 1. The van der Waals surface area contributed by atoms with Crippen LogP contribution in [0.15, 0.2) is 42.7 Å². The molecule has 1 aliphatic carbocycles. The van der Waals surface area contributed by atoms with Gasteiger partial charge in [0.15, 0.2) is 0 Å². The maximum absolute atomic E-state index is 12.8. The number of nitrogens with zero attached hydrogens (tertiary/aromatic N) is 2. The number of pyridine rings is 1. The average molecular weight is 499 g/mol. The number of hydrogen-bond donors (Lipinski definition) is 3. The lowest BCUT2D eigenvalue weighted by Crippen LogP contribution is -2.49. The molecule has 2 heterocycles. The van der Waals surface area contributed by atoms with E-state index in [1.807, 2.05) is 0 Å². The monoisotopic (exact) mass is 498 g/mol. The molecular weight excluding hydrogens is 470 g/mol. The molecule has 0 atom stereocenters. The summed E-state index contributed by atoms with van der Waals surface area (Å²) < 4.78 is 12.0. The minimum atomic E-state index is -0.417. The van der Waals surface area contributed by atoms with Crippen molar-refractivity contribution in [1.82, 2.24) is 20.5 Å². The summed E-state index contributed by atoms with van der Waals surface area (Å²) in [5, 5.41) is 11.5. The molecule has 0 radical (unpaired) electrons. The fraction of sp³-hybridized carbons (Fsp3) is 0.360. The lowest BCUT2D eigenvalue weighted by molar-refractivity contribution is -0.115. The van der Waals surface area contributed by atoms with Gasteiger partial charge in [0.25, 0.3) is 11.7 Å². The molecule has 2 aliphatic rings. The van der Waals surface area contributed by atoms with Crippen LogP contribution in [0, 0.1) is 0 Å². The van der Waals surface area contributed by atoms with E-state index in [2.05, 4.69) is 15.6 Å². The summed E-state index contributed by atoms with van der Waals surface area (Å²) in [5.74, 6) is 0.611. The Kier molecular flexibility index (Phi) is 7.87. The highest BCUT2D eigenvalue weighted by atomic mass is 35.5. The molecule has 0 unspecified atom stereocenters. The largest absolute Gasteiger partial charge is 0.490 e. The maximum Gasteiger partial charge on any atom is 0.339 e. The number of amides is 2. The van der Waals surface area contributed by atoms with Crippen LogP contribution in [-0.2, 0) is 0 Å². The number of likely N-dealkylation sites (tertiary alicyclic amines) is 1. The molecule has 35 heavy (non-hydrogen) atoms. The third kappa shape index (κ3) is 6.30. The number of hydrogen-bond acceptors (Lipinski definition) is 6. The van der Waals surface area contributed by atoms with Crippen LogP contribution in [-0.4, -0.2) is 53.8 Å². The van der Waals surface area contributed by atoms with E-state index in [9.17, 15) is 9.59 Å². The number of aromatic nitrogens is 1. The number of carbonyl (C=O) groups is 2. The first-order valence-electron chi connectivity index (χ1n) is 11.6. The molecular formula is C25H29ClN5O4+. The van der Waals surface area contributed by atoms with E-state index in [0.717, 1.165) is 45.2 Å². The summed E-state index contributed by atoms with van der Waals surface area (Å²) >= 11 is 6.38. The second-order valence-corrected chi connectivity index (χ2v) is 8.91. The van der Waals surface area contributed by atoms with E-state index >= 15 is 0 Å². The molecule has 1 aromatic carbocycles. The summed E-state index contributed by atoms with van der Waals surface area (Å²) in [6.45, 7) is 1.47. The molecule has 2 aromatic rings. The van der Waals surface area contributed by atoms with Crippen molar-refractivity contribution in [2.45, 2.75) is 38.2 Å². The lowest BCUT2D eigenvalue weighted by Gasteiger charge is -2.30. The zero-order valence-corrected chi connectivity index (χ0v) is 20.3. The Balaban J connectivity index is 1.56. The smallest absolute Gasteiger partial charge is 0.339 e. The fourth-order valence-corrected chi connectivity index (χ4v) is 4.08. The van der Waals surface area contributed by atoms with Crippen LogP contribution in [0.3, 0.4) is 0 Å². The Hall–Kier alpha value is -3.59. The van der Waals surface area contributed by atoms with Crippen LogP contribution in [0.5, 0.6) is 17.4 Å². The van der Waals surface area contributed by atoms with Gasteiger partial charge in [-0.2, -0.15) is 0 Å². The number of nitrogens with one attached hydrogen (secondary N) is 2. The van der Waals surface area contributed by atoms with Crippen molar-refractivity contribution in [2.24, 2.45) is 0 Å². The number of nitrogens with two attached hydrogens (primary N) is 1. The Morgan fingerprint density at radius 1 is 1.11 bits per heavy atom. The van der Waals surface area contributed by atoms with Gasteiger partial charge in [-0.3, -0.25) is 10.2 Å². The van der Waals surface area contributed by atoms with Gasteiger partial charge in [-0.15, -0.1) is 0 Å². The van der Waals surface area contributed by atoms with Crippen LogP contribution in [0.4, 0.5) is 0 Å². The van der Waals surface area contributed by atoms with E-state index in [1.54, 1.807) is 48.5 Å². The van der Waals surface area contributed by atoms with Gasteiger partial charge in [-0.1, -0.05) is 11.6 Å². The SMILES string of the molecule is CN/C=C\C(=[NH2+])NC(=O)c1cc(Oc2ncc(C(=O)N3CCC3)cc2Cl)cc(OC2CCCC2)c1. The van der Waals surface area contributed by atoms with E-state index < -0.39 is 5.91 Å². The van der Waals surface area contributed by atoms with E-state index in [0.29, 0.717) is 22.6 Å². The first-order chi connectivity index (χ1) is 16.9. The predicted octanol–water partition coefficient (Wildman–Crippen LogP) is 2.32. The number of ether oxygens (including phenoxy) is 2. The van der Waals surface area contributed by atoms with Crippen molar-refractivity contribution in [3.8, 4) is 17.4 Å². The lowest BCUT2D eigenvalue weighted by atomic mass is 10.1. The minimum absolute atomic E-state index is 0.0878. The van der Waals surface area contributed by atoms with Crippen molar-refractivity contribution in [1.29, 1.82) is 0 Å². The number of halogens is 1. The first-order valence-corrected chi connectivity index (χ1v) is 12.0. The molecule has 2 amide bonds. The zero-order chi connectivity index (χ0) is 24.8. The molecule has 1 aliphatic heterocycles. The van der Waals surface area contributed by atoms with Crippen molar-refractivity contribution in [3.05, 3.63) is 58.9 Å². The summed E-state index contributed by atoms with van der Waals surface area (Å²) in [6, 6.07) is 6.45. The standard InChI is InChI=1S/C25H28ClN5O4/c1-28-8-7-22(27)30-23(32)16-11-19(34-18-5-2-3-6-18)14-20(12-16)35-24-21(26)13-17(15-29-24)25(33)31-9-4-10-31/h7-8,11-15,18,28H,2-6,9-10H2,1H3,(H2,27,30,32)/p+1/b8-7-. The Bertz CT molecular complexity index is 1140. The summed E-state index contributed by atoms with van der Waals surface area (Å²) in [7, 11) is 1.73. The molecule has 0 spiro atoms. The topological polar surface area (TPSA) is 118 Å². The second-order valence-electron chi connectivity index (χ2n) is 8.51. The molecule has 4 rings (SSSR count). The van der Waals surface area contributed by atoms with Gasteiger partial charge >= 0.3 is 5.91 Å². The molecule has 10 heteroatoms. The number of carbonyl (C=O) groups excluding carboxylic acids is 2. The second kappa shape index (κ2) is 11.2. The summed E-state index contributed by atoms with van der Waals surface area (Å²) in [4.78, 5) is 31.2. The number of amidine groups is 1. The van der Waals surface area contributed by atoms with Crippen LogP contribution in [0.2, 0.25) is 5.02 Å². The van der Waals surface area contributed by atoms with Gasteiger partial charge in [-0.25, -0.2) is 15.1 Å². The fourth-order valence-electron chi connectivity index (χ4n) is 3.88. The van der Waals surface area contributed by atoms with Crippen molar-refractivity contribution in [2.75, 3.05) is 20.1 Å². The highest BCUT2D eigenvalue weighted by molar-refractivity contribution is 6.32. The predicted molar refractivity (Wildman–Crippen MR) is 132 cm³/mol. The Morgan fingerprint density at radius 2 is 1.86 bits per heavy atom. The molecule has 4 N–H and O–H groups in total. The van der Waals surface area contributed by atoms with E-state index in [1.165, 1.54) is 6.20 Å². The van der Waals surface area contributed by atoms with Gasteiger partial charge in [-0.05, 0) is 50.3 Å². The van der Waals surface area contributed by atoms with Crippen LogP contribution >= 0.6 is 11.6 Å². The molecule has 1 saturated carbocycles. The van der Waals surface area contributed by atoms with Crippen molar-refractivity contribution >= 4 is 29.3 Å². The van der Waals surface area contributed by atoms with E-state index in [4.69, 9.17) is 26.5 Å². The molecule has 1 aromatic heterocycles. The zero-order valence-electron chi connectivity index (χ0n) is 19.6.